The Hall–Kier alpha value is -4.01. The molecule has 0 atom stereocenters. The Bertz CT molecular complexity index is 1160. The Kier molecular flexibility index (Phi) is 4.32. The number of nitrogens with zero attached hydrogens (tertiary/aromatic N) is 2. The third-order valence-corrected chi connectivity index (χ3v) is 4.15. The van der Waals surface area contributed by atoms with Gasteiger partial charge in [0.2, 0.25) is 11.7 Å². The smallest absolute Gasteiger partial charge is 0.229 e. The predicted molar refractivity (Wildman–Crippen MR) is 103 cm³/mol. The van der Waals surface area contributed by atoms with Crippen molar-refractivity contribution in [3.63, 3.8) is 0 Å². The Morgan fingerprint density at radius 1 is 1.07 bits per heavy atom. The van der Waals surface area contributed by atoms with E-state index in [0.717, 1.165) is 22.8 Å². The summed E-state index contributed by atoms with van der Waals surface area (Å²) in [6.07, 6.45) is 2.85. The second-order valence-electron chi connectivity index (χ2n) is 5.90. The van der Waals surface area contributed by atoms with E-state index in [-0.39, 0.29) is 29.0 Å². The number of aromatic amines is 1. The number of benzene rings is 2. The molecule has 0 fully saturated rings. The van der Waals surface area contributed by atoms with Crippen LogP contribution in [0.15, 0.2) is 48.8 Å². The van der Waals surface area contributed by atoms with Crippen molar-refractivity contribution < 1.29 is 19.3 Å². The number of hydrogen-bond donors (Lipinski definition) is 5. The number of phenolic OH excluding ortho intramolecular Hbond substituents is 2. The molecule has 0 aliphatic heterocycles. The fraction of sp³-hybridized carbons (Fsp3) is 0.0526. The van der Waals surface area contributed by atoms with Crippen molar-refractivity contribution in [2.24, 2.45) is 0 Å². The highest BCUT2D eigenvalue weighted by Gasteiger charge is 2.16. The summed E-state index contributed by atoms with van der Waals surface area (Å²) < 4.78 is 19.3. The van der Waals surface area contributed by atoms with Gasteiger partial charge in [0.05, 0.1) is 24.7 Å². The van der Waals surface area contributed by atoms with Gasteiger partial charge in [-0.15, -0.1) is 0 Å². The molecule has 0 radical (unpaired) electrons. The molecular formula is C19H16FN5O3. The Morgan fingerprint density at radius 2 is 1.93 bits per heavy atom. The van der Waals surface area contributed by atoms with E-state index in [0.29, 0.717) is 0 Å². The quantitative estimate of drug-likeness (QED) is 0.262. The minimum absolute atomic E-state index is 0.0374. The number of methoxy groups -OCH3 is 1. The van der Waals surface area contributed by atoms with E-state index in [1.165, 1.54) is 19.2 Å². The van der Waals surface area contributed by atoms with Gasteiger partial charge in [0, 0.05) is 17.1 Å². The van der Waals surface area contributed by atoms with Gasteiger partial charge in [-0.2, -0.15) is 4.98 Å². The Labute approximate surface area is 158 Å². The molecule has 0 aliphatic rings. The number of H-pyrrole nitrogens is 1. The lowest BCUT2D eigenvalue weighted by Gasteiger charge is -2.14. The van der Waals surface area contributed by atoms with Crippen molar-refractivity contribution >= 4 is 34.0 Å². The molecule has 9 heteroatoms. The van der Waals surface area contributed by atoms with Crippen LogP contribution in [-0.2, 0) is 0 Å². The average Bonchev–Trinajstić information content (AvgIpc) is 3.17. The number of halogens is 1. The summed E-state index contributed by atoms with van der Waals surface area (Å²) in [6, 6.07) is 10.3. The number of ether oxygens (including phenoxy) is 1. The van der Waals surface area contributed by atoms with Crippen LogP contribution in [0.2, 0.25) is 0 Å². The van der Waals surface area contributed by atoms with Crippen LogP contribution in [0.1, 0.15) is 0 Å². The van der Waals surface area contributed by atoms with Gasteiger partial charge >= 0.3 is 0 Å². The van der Waals surface area contributed by atoms with Gasteiger partial charge in [-0.05, 0) is 30.3 Å². The van der Waals surface area contributed by atoms with Crippen LogP contribution in [-0.4, -0.2) is 32.3 Å². The van der Waals surface area contributed by atoms with E-state index in [1.807, 2.05) is 30.5 Å². The maximum atomic E-state index is 14.2. The highest BCUT2D eigenvalue weighted by Crippen LogP contribution is 2.42. The van der Waals surface area contributed by atoms with Gasteiger partial charge in [0.1, 0.15) is 0 Å². The van der Waals surface area contributed by atoms with E-state index >= 15 is 0 Å². The monoisotopic (exact) mass is 381 g/mol. The highest BCUT2D eigenvalue weighted by molar-refractivity contribution is 5.93. The number of aromatic nitrogens is 3. The molecule has 0 saturated carbocycles. The molecule has 0 amide bonds. The Balaban J connectivity index is 1.67. The normalized spacial score (nSPS) is 10.8. The maximum Gasteiger partial charge on any atom is 0.229 e. The van der Waals surface area contributed by atoms with Gasteiger partial charge in [-0.25, -0.2) is 9.37 Å². The van der Waals surface area contributed by atoms with Gasteiger partial charge < -0.3 is 30.6 Å². The molecule has 2 aromatic carbocycles. The molecule has 0 spiro atoms. The highest BCUT2D eigenvalue weighted by atomic mass is 19.1. The molecule has 28 heavy (non-hydrogen) atoms. The third kappa shape index (κ3) is 3.09. The summed E-state index contributed by atoms with van der Waals surface area (Å²) in [5.41, 5.74) is 1.93. The summed E-state index contributed by atoms with van der Waals surface area (Å²) in [4.78, 5) is 11.2. The molecule has 5 N–H and O–H groups in total. The molecule has 0 saturated heterocycles. The lowest BCUT2D eigenvalue weighted by atomic mass is 10.2. The first-order valence-electron chi connectivity index (χ1n) is 8.28. The SMILES string of the molecule is COc1c(Nc2nc(Nc3cccc4[nH]ccc34)ncc2F)ccc(O)c1O. The molecule has 4 aromatic rings. The summed E-state index contributed by atoms with van der Waals surface area (Å²) in [6.45, 7) is 0. The van der Waals surface area contributed by atoms with Crippen molar-refractivity contribution in [3.05, 3.63) is 54.6 Å². The van der Waals surface area contributed by atoms with Crippen molar-refractivity contribution in [1.29, 1.82) is 0 Å². The predicted octanol–water partition coefficient (Wildman–Crippen LogP) is 4.00. The molecule has 2 heterocycles. The second-order valence-corrected chi connectivity index (χ2v) is 5.90. The van der Waals surface area contributed by atoms with E-state index in [9.17, 15) is 14.6 Å². The van der Waals surface area contributed by atoms with E-state index in [1.54, 1.807) is 0 Å². The largest absolute Gasteiger partial charge is 0.504 e. The molecule has 0 aliphatic carbocycles. The first-order valence-corrected chi connectivity index (χ1v) is 8.28. The van der Waals surface area contributed by atoms with E-state index < -0.39 is 11.6 Å². The van der Waals surface area contributed by atoms with Crippen molar-refractivity contribution in [1.82, 2.24) is 15.0 Å². The second kappa shape index (κ2) is 6.95. The van der Waals surface area contributed by atoms with E-state index in [2.05, 4.69) is 25.6 Å². The summed E-state index contributed by atoms with van der Waals surface area (Å²) in [5.74, 6) is -1.49. The minimum Gasteiger partial charge on any atom is -0.504 e. The fourth-order valence-electron chi connectivity index (χ4n) is 2.82. The van der Waals surface area contributed by atoms with Crippen molar-refractivity contribution in [2.75, 3.05) is 17.7 Å². The zero-order valence-electron chi connectivity index (χ0n) is 14.7. The van der Waals surface area contributed by atoms with Crippen LogP contribution in [0, 0.1) is 5.82 Å². The van der Waals surface area contributed by atoms with Crippen LogP contribution >= 0.6 is 0 Å². The zero-order chi connectivity index (χ0) is 19.7. The molecule has 0 unspecified atom stereocenters. The number of phenols is 2. The topological polar surface area (TPSA) is 115 Å². The fourth-order valence-corrected chi connectivity index (χ4v) is 2.82. The molecule has 4 rings (SSSR count). The van der Waals surface area contributed by atoms with E-state index in [4.69, 9.17) is 4.74 Å². The average molecular weight is 381 g/mol. The molecule has 2 aromatic heterocycles. The summed E-state index contributed by atoms with van der Waals surface area (Å²) >= 11 is 0. The number of anilines is 4. The first-order chi connectivity index (χ1) is 13.6. The summed E-state index contributed by atoms with van der Waals surface area (Å²) in [5, 5.41) is 26.2. The van der Waals surface area contributed by atoms with Crippen LogP contribution in [0.4, 0.5) is 27.5 Å². The molecule has 142 valence electrons. The first kappa shape index (κ1) is 17.4. The standard InChI is InChI=1S/C19H16FN5O3/c1-28-17-14(5-6-15(26)16(17)27)23-18-11(20)9-22-19(25-18)24-13-4-2-3-12-10(13)7-8-21-12/h2-9,21,26-27H,1H3,(H2,22,23,24,25). The number of hydrogen-bond acceptors (Lipinski definition) is 7. The maximum absolute atomic E-state index is 14.2. The number of nitrogens with one attached hydrogen (secondary N) is 3. The lowest BCUT2D eigenvalue weighted by Crippen LogP contribution is -2.04. The van der Waals surface area contributed by atoms with Crippen molar-refractivity contribution in [2.45, 2.75) is 0 Å². The lowest BCUT2D eigenvalue weighted by molar-refractivity contribution is 0.352. The Morgan fingerprint density at radius 3 is 2.75 bits per heavy atom. The van der Waals surface area contributed by atoms with Crippen molar-refractivity contribution in [3.8, 4) is 17.2 Å². The van der Waals surface area contributed by atoms with Crippen LogP contribution in [0.3, 0.4) is 0 Å². The third-order valence-electron chi connectivity index (χ3n) is 4.15. The number of fused-ring (bicyclic) bond motifs is 1. The zero-order valence-corrected chi connectivity index (χ0v) is 14.7. The van der Waals surface area contributed by atoms with Gasteiger partial charge in [-0.1, -0.05) is 6.07 Å². The van der Waals surface area contributed by atoms with Gasteiger partial charge in [-0.3, -0.25) is 0 Å². The van der Waals surface area contributed by atoms with Crippen LogP contribution < -0.4 is 15.4 Å². The number of aromatic hydroxyl groups is 2. The summed E-state index contributed by atoms with van der Waals surface area (Å²) in [7, 11) is 1.32. The van der Waals surface area contributed by atoms with Crippen LogP contribution in [0.5, 0.6) is 17.2 Å². The van der Waals surface area contributed by atoms with Gasteiger partial charge in [0.15, 0.2) is 23.1 Å². The van der Waals surface area contributed by atoms with Gasteiger partial charge in [0.25, 0.3) is 0 Å². The molecule has 8 nitrogen and oxygen atoms in total. The molecular weight excluding hydrogens is 365 g/mol. The molecule has 0 bridgehead atoms. The number of rotatable bonds is 5. The minimum atomic E-state index is -0.694. The van der Waals surface area contributed by atoms with Crippen LogP contribution in [0.25, 0.3) is 10.9 Å².